The van der Waals surface area contributed by atoms with Crippen LogP contribution in [0.15, 0.2) is 75.4 Å². The Labute approximate surface area is 195 Å². The molecule has 4 aromatic rings. The number of nitrogens with zero attached hydrogens (tertiary/aromatic N) is 3. The van der Waals surface area contributed by atoms with Crippen LogP contribution in [0.25, 0.3) is 10.9 Å². The maximum Gasteiger partial charge on any atom is 0.349 e. The first-order valence-electron chi connectivity index (χ1n) is 9.47. The Kier molecular flexibility index (Phi) is 6.25. The van der Waals surface area contributed by atoms with Gasteiger partial charge in [-0.2, -0.15) is 5.10 Å². The number of hydrogen-bond donors (Lipinski definition) is 1. The molecule has 0 aliphatic carbocycles. The molecule has 33 heavy (non-hydrogen) atoms. The van der Waals surface area contributed by atoms with E-state index < -0.39 is 21.9 Å². The zero-order valence-corrected chi connectivity index (χ0v) is 18.2. The minimum atomic E-state index is -0.768. The van der Waals surface area contributed by atoms with Gasteiger partial charge in [-0.25, -0.2) is 4.79 Å². The van der Waals surface area contributed by atoms with Gasteiger partial charge in [-0.05, 0) is 35.9 Å². The van der Waals surface area contributed by atoms with Gasteiger partial charge in [0.2, 0.25) is 5.75 Å². The van der Waals surface area contributed by atoms with Gasteiger partial charge in [0.05, 0.1) is 22.0 Å². The number of rotatable bonds is 6. The van der Waals surface area contributed by atoms with Crippen LogP contribution in [0.5, 0.6) is 5.75 Å². The zero-order valence-electron chi connectivity index (χ0n) is 16.7. The van der Waals surface area contributed by atoms with Crippen LogP contribution in [0.4, 0.5) is 5.69 Å². The number of hydrogen-bond acceptors (Lipinski definition) is 6. The van der Waals surface area contributed by atoms with E-state index in [4.69, 9.17) is 27.9 Å². The molecule has 11 heteroatoms. The molecular formula is C22H14Cl2N4O5. The van der Waals surface area contributed by atoms with Gasteiger partial charge in [-0.15, -0.1) is 4.68 Å². The lowest BCUT2D eigenvalue weighted by Gasteiger charge is -2.10. The van der Waals surface area contributed by atoms with Crippen molar-refractivity contribution in [1.29, 1.82) is 0 Å². The molecule has 1 heterocycles. The number of aromatic amines is 1. The monoisotopic (exact) mass is 484 g/mol. The highest BCUT2D eigenvalue weighted by Gasteiger charge is 2.21. The number of fused-ring (bicyclic) bond motifs is 1. The second-order valence-corrected chi connectivity index (χ2v) is 7.73. The molecule has 0 radical (unpaired) electrons. The third-order valence-electron chi connectivity index (χ3n) is 4.65. The number of aromatic nitrogens is 2. The summed E-state index contributed by atoms with van der Waals surface area (Å²) in [6.07, 6.45) is 1.11. The van der Waals surface area contributed by atoms with E-state index in [0.717, 1.165) is 12.3 Å². The lowest BCUT2D eigenvalue weighted by atomic mass is 10.2. The van der Waals surface area contributed by atoms with E-state index in [1.54, 1.807) is 48.5 Å². The third kappa shape index (κ3) is 4.79. The SMILES string of the molecule is O=c1[nH]c2ccccc2c(=O)n1N=Cc1cc(Cl)cc([N+](=O)[O-])c1OCc1ccc(Cl)cc1. The van der Waals surface area contributed by atoms with Crippen LogP contribution in [0, 0.1) is 10.1 Å². The fourth-order valence-corrected chi connectivity index (χ4v) is 3.45. The molecular weight excluding hydrogens is 471 g/mol. The summed E-state index contributed by atoms with van der Waals surface area (Å²) in [6.45, 7) is -0.00299. The van der Waals surface area contributed by atoms with E-state index in [9.17, 15) is 19.7 Å². The topological polar surface area (TPSA) is 120 Å². The van der Waals surface area contributed by atoms with Crippen LogP contribution < -0.4 is 16.0 Å². The average molecular weight is 485 g/mol. The van der Waals surface area contributed by atoms with E-state index in [2.05, 4.69) is 10.1 Å². The molecule has 4 rings (SSSR count). The molecule has 0 aliphatic heterocycles. The molecule has 0 amide bonds. The Morgan fingerprint density at radius 2 is 1.79 bits per heavy atom. The van der Waals surface area contributed by atoms with Gasteiger partial charge in [0.1, 0.15) is 6.61 Å². The fraction of sp³-hybridized carbons (Fsp3) is 0.0455. The van der Waals surface area contributed by atoms with Crippen LogP contribution >= 0.6 is 23.2 Å². The lowest BCUT2D eigenvalue weighted by Crippen LogP contribution is -2.32. The van der Waals surface area contributed by atoms with Gasteiger partial charge in [-0.3, -0.25) is 14.9 Å². The van der Waals surface area contributed by atoms with Crippen LogP contribution in [-0.2, 0) is 6.61 Å². The number of ether oxygens (including phenoxy) is 1. The van der Waals surface area contributed by atoms with Gasteiger partial charge in [-0.1, -0.05) is 47.5 Å². The summed E-state index contributed by atoms with van der Waals surface area (Å²) in [5.74, 6) is -0.117. The van der Waals surface area contributed by atoms with E-state index in [0.29, 0.717) is 20.8 Å². The van der Waals surface area contributed by atoms with Crippen molar-refractivity contribution < 1.29 is 9.66 Å². The molecule has 0 atom stereocenters. The lowest BCUT2D eigenvalue weighted by molar-refractivity contribution is -0.385. The molecule has 166 valence electrons. The summed E-state index contributed by atoms with van der Waals surface area (Å²) < 4.78 is 6.34. The highest BCUT2D eigenvalue weighted by molar-refractivity contribution is 6.31. The Balaban J connectivity index is 1.77. The number of para-hydroxylation sites is 1. The summed E-state index contributed by atoms with van der Waals surface area (Å²) >= 11 is 11.9. The summed E-state index contributed by atoms with van der Waals surface area (Å²) in [5, 5.41) is 16.4. The van der Waals surface area contributed by atoms with Crippen LogP contribution in [-0.4, -0.2) is 20.8 Å². The standard InChI is InChI=1S/C22H14Cl2N4O5/c23-15-7-5-13(6-8-15)12-33-20-14(9-16(24)10-19(20)28(31)32)11-25-27-21(29)17-3-1-2-4-18(17)26-22(27)30/h1-11H,12H2,(H,26,30). The largest absolute Gasteiger partial charge is 0.481 e. The first-order valence-corrected chi connectivity index (χ1v) is 10.2. The minimum absolute atomic E-state index is 0.00299. The molecule has 3 aromatic carbocycles. The normalized spacial score (nSPS) is 11.2. The van der Waals surface area contributed by atoms with Crippen molar-refractivity contribution in [1.82, 2.24) is 9.66 Å². The van der Waals surface area contributed by atoms with Crippen molar-refractivity contribution in [3.8, 4) is 5.75 Å². The highest BCUT2D eigenvalue weighted by Crippen LogP contribution is 2.34. The Bertz CT molecular complexity index is 1510. The van der Waals surface area contributed by atoms with Crippen LogP contribution in [0.3, 0.4) is 0 Å². The maximum atomic E-state index is 12.7. The summed E-state index contributed by atoms with van der Waals surface area (Å²) in [6, 6.07) is 15.8. The van der Waals surface area contributed by atoms with Gasteiger partial charge in [0.15, 0.2) is 0 Å². The Hall–Kier alpha value is -3.95. The predicted octanol–water partition coefficient (Wildman–Crippen LogP) is 4.37. The Morgan fingerprint density at radius 3 is 2.52 bits per heavy atom. The molecule has 0 aliphatic rings. The molecule has 0 bridgehead atoms. The fourth-order valence-electron chi connectivity index (χ4n) is 3.10. The number of H-pyrrole nitrogens is 1. The molecule has 1 N–H and O–H groups in total. The minimum Gasteiger partial charge on any atom is -0.481 e. The zero-order chi connectivity index (χ0) is 23.5. The quantitative estimate of drug-likeness (QED) is 0.247. The molecule has 0 saturated heterocycles. The van der Waals surface area contributed by atoms with Crippen molar-refractivity contribution in [3.05, 3.63) is 113 Å². The molecule has 0 spiro atoms. The molecule has 0 unspecified atom stereocenters. The molecule has 0 fully saturated rings. The average Bonchev–Trinajstić information content (AvgIpc) is 2.79. The van der Waals surface area contributed by atoms with Gasteiger partial charge >= 0.3 is 11.4 Å². The van der Waals surface area contributed by atoms with Crippen molar-refractivity contribution >= 4 is 46.0 Å². The van der Waals surface area contributed by atoms with Crippen molar-refractivity contribution in [2.75, 3.05) is 0 Å². The first kappa shape index (κ1) is 22.3. The summed E-state index contributed by atoms with van der Waals surface area (Å²) in [7, 11) is 0. The summed E-state index contributed by atoms with van der Waals surface area (Å²) in [4.78, 5) is 38.6. The number of nitrogens with one attached hydrogen (secondary N) is 1. The van der Waals surface area contributed by atoms with E-state index >= 15 is 0 Å². The van der Waals surface area contributed by atoms with Gasteiger partial charge < -0.3 is 9.72 Å². The van der Waals surface area contributed by atoms with Crippen molar-refractivity contribution in [2.24, 2.45) is 5.10 Å². The second-order valence-electron chi connectivity index (χ2n) is 6.85. The summed E-state index contributed by atoms with van der Waals surface area (Å²) in [5.41, 5.74) is -0.612. The van der Waals surface area contributed by atoms with Gasteiger partial charge in [0.25, 0.3) is 5.56 Å². The Morgan fingerprint density at radius 1 is 1.06 bits per heavy atom. The number of nitro benzene ring substituents is 1. The predicted molar refractivity (Wildman–Crippen MR) is 126 cm³/mol. The third-order valence-corrected chi connectivity index (χ3v) is 5.12. The first-order chi connectivity index (χ1) is 15.8. The molecule has 9 nitrogen and oxygen atoms in total. The van der Waals surface area contributed by atoms with Crippen LogP contribution in [0.2, 0.25) is 10.0 Å². The number of benzene rings is 3. The maximum absolute atomic E-state index is 12.7. The number of halogens is 2. The van der Waals surface area contributed by atoms with Crippen molar-refractivity contribution in [3.63, 3.8) is 0 Å². The van der Waals surface area contributed by atoms with Crippen LogP contribution in [0.1, 0.15) is 11.1 Å². The van der Waals surface area contributed by atoms with E-state index in [1.807, 2.05) is 0 Å². The van der Waals surface area contributed by atoms with Crippen molar-refractivity contribution in [2.45, 2.75) is 6.61 Å². The molecule has 1 aromatic heterocycles. The van der Waals surface area contributed by atoms with E-state index in [1.165, 1.54) is 6.07 Å². The molecule has 0 saturated carbocycles. The smallest absolute Gasteiger partial charge is 0.349 e. The second kappa shape index (κ2) is 9.27. The highest BCUT2D eigenvalue weighted by atomic mass is 35.5. The number of nitro groups is 1. The van der Waals surface area contributed by atoms with Gasteiger partial charge in [0, 0.05) is 21.7 Å². The van der Waals surface area contributed by atoms with E-state index in [-0.39, 0.29) is 28.3 Å².